The van der Waals surface area contributed by atoms with Gasteiger partial charge in [0, 0.05) is 6.04 Å². The Morgan fingerprint density at radius 1 is 0.765 bits per heavy atom. The summed E-state index contributed by atoms with van der Waals surface area (Å²) in [5, 5.41) is 0. The molecule has 5 heteroatoms. The molecule has 1 heterocycles. The Hall–Kier alpha value is -1.39. The molecule has 0 aromatic rings. The van der Waals surface area contributed by atoms with Crippen LogP contribution in [0.4, 0.5) is 4.79 Å². The van der Waals surface area contributed by atoms with Crippen LogP contribution in [0.3, 0.4) is 0 Å². The van der Waals surface area contributed by atoms with Crippen LogP contribution in [0, 0.1) is 39.9 Å². The van der Waals surface area contributed by atoms with Gasteiger partial charge in [0.1, 0.15) is 0 Å². The fraction of sp³-hybridized carbons (Fsp3) is 0.897. The zero-order chi connectivity index (χ0) is 23.7. The number of amides is 4. The summed E-state index contributed by atoms with van der Waals surface area (Å²) in [5.41, 5.74) is 0.220. The molecule has 3 unspecified atom stereocenters. The standard InChI is InChI=1S/C29H42N2O3/c1-4-22(14-28-10-18-5-19(11-28)7-20(6-18)12-28)30-23(32)24(33)31(25(30)34)29-13-21-8-26(2,16-29)15-27(3,9-21)17-29/h18-22H,4-17H2,1-3H3. The van der Waals surface area contributed by atoms with Crippen LogP contribution < -0.4 is 0 Å². The summed E-state index contributed by atoms with van der Waals surface area (Å²) in [6.07, 6.45) is 15.9. The zero-order valence-electron chi connectivity index (χ0n) is 21.4. The summed E-state index contributed by atoms with van der Waals surface area (Å²) < 4.78 is 0. The van der Waals surface area contributed by atoms with E-state index < -0.39 is 17.4 Å². The van der Waals surface area contributed by atoms with Crippen molar-refractivity contribution in [2.24, 2.45) is 39.9 Å². The van der Waals surface area contributed by atoms with E-state index >= 15 is 0 Å². The quantitative estimate of drug-likeness (QED) is 0.374. The number of hydrogen-bond donors (Lipinski definition) is 0. The largest absolute Gasteiger partial charge is 0.335 e. The van der Waals surface area contributed by atoms with Crippen LogP contribution in [0.1, 0.15) is 111 Å². The molecule has 1 aliphatic heterocycles. The van der Waals surface area contributed by atoms with E-state index in [4.69, 9.17) is 0 Å². The van der Waals surface area contributed by atoms with E-state index in [1.54, 1.807) is 0 Å². The van der Waals surface area contributed by atoms with Crippen molar-refractivity contribution in [3.63, 3.8) is 0 Å². The van der Waals surface area contributed by atoms with Crippen molar-refractivity contribution in [1.82, 2.24) is 9.80 Å². The zero-order valence-corrected chi connectivity index (χ0v) is 21.4. The molecule has 186 valence electrons. The predicted octanol–water partition coefficient (Wildman–Crippen LogP) is 5.91. The number of carbonyl (C=O) groups excluding carboxylic acids is 3. The van der Waals surface area contributed by atoms with Crippen LogP contribution in [0.5, 0.6) is 0 Å². The minimum absolute atomic E-state index is 0.134. The van der Waals surface area contributed by atoms with Crippen molar-refractivity contribution in [2.45, 2.75) is 122 Å². The van der Waals surface area contributed by atoms with Gasteiger partial charge in [0.05, 0.1) is 5.54 Å². The second-order valence-corrected chi connectivity index (χ2v) is 15.1. The minimum atomic E-state index is -0.535. The topological polar surface area (TPSA) is 57.7 Å². The molecule has 8 bridgehead atoms. The number of rotatable bonds is 5. The van der Waals surface area contributed by atoms with Crippen LogP contribution in [-0.2, 0) is 9.59 Å². The first-order chi connectivity index (χ1) is 16.0. The first kappa shape index (κ1) is 21.9. The second kappa shape index (κ2) is 6.68. The summed E-state index contributed by atoms with van der Waals surface area (Å²) in [7, 11) is 0. The molecule has 9 fully saturated rings. The summed E-state index contributed by atoms with van der Waals surface area (Å²) in [5.74, 6) is 2.06. The lowest BCUT2D eigenvalue weighted by molar-refractivity contribution is -0.164. The molecule has 1 saturated heterocycles. The Bertz CT molecular complexity index is 917. The molecule has 0 aromatic carbocycles. The van der Waals surface area contributed by atoms with Gasteiger partial charge in [-0.1, -0.05) is 20.8 Å². The van der Waals surface area contributed by atoms with Gasteiger partial charge in [0.2, 0.25) is 0 Å². The van der Waals surface area contributed by atoms with Crippen LogP contribution in [0.15, 0.2) is 0 Å². The average Bonchev–Trinajstić information content (AvgIpc) is 2.91. The monoisotopic (exact) mass is 466 g/mol. The normalized spacial score (nSPS) is 51.8. The van der Waals surface area contributed by atoms with Crippen LogP contribution in [0.2, 0.25) is 0 Å². The van der Waals surface area contributed by atoms with Crippen molar-refractivity contribution in [3.8, 4) is 0 Å². The van der Waals surface area contributed by atoms with Crippen LogP contribution in [0.25, 0.3) is 0 Å². The molecule has 0 radical (unpaired) electrons. The van der Waals surface area contributed by atoms with E-state index in [1.165, 1.54) is 67.6 Å². The van der Waals surface area contributed by atoms with Crippen molar-refractivity contribution in [2.75, 3.05) is 0 Å². The second-order valence-electron chi connectivity index (χ2n) is 15.1. The predicted molar refractivity (Wildman–Crippen MR) is 129 cm³/mol. The molecular weight excluding hydrogens is 424 g/mol. The molecule has 0 aromatic heterocycles. The highest BCUT2D eigenvalue weighted by Crippen LogP contribution is 2.68. The maximum absolute atomic E-state index is 14.0. The maximum atomic E-state index is 14.0. The number of hydrogen-bond acceptors (Lipinski definition) is 3. The van der Waals surface area contributed by atoms with Crippen molar-refractivity contribution in [1.29, 1.82) is 0 Å². The highest BCUT2D eigenvalue weighted by Gasteiger charge is 2.67. The van der Waals surface area contributed by atoms with Gasteiger partial charge in [-0.3, -0.25) is 14.5 Å². The third kappa shape index (κ3) is 2.94. The summed E-state index contributed by atoms with van der Waals surface area (Å²) >= 11 is 0. The lowest BCUT2D eigenvalue weighted by Crippen LogP contribution is -2.66. The molecular formula is C29H42N2O3. The van der Waals surface area contributed by atoms with Gasteiger partial charge >= 0.3 is 17.8 Å². The molecule has 8 saturated carbocycles. The number of carbonyl (C=O) groups is 3. The van der Waals surface area contributed by atoms with Crippen LogP contribution >= 0.6 is 0 Å². The molecule has 5 nitrogen and oxygen atoms in total. The minimum Gasteiger partial charge on any atom is -0.263 e. The Kier molecular flexibility index (Phi) is 4.29. The van der Waals surface area contributed by atoms with Crippen molar-refractivity contribution in [3.05, 3.63) is 0 Å². The Morgan fingerprint density at radius 3 is 1.82 bits per heavy atom. The van der Waals surface area contributed by atoms with Gasteiger partial charge in [0.25, 0.3) is 0 Å². The van der Waals surface area contributed by atoms with Gasteiger partial charge in [-0.2, -0.15) is 0 Å². The smallest absolute Gasteiger partial charge is 0.263 e. The molecule has 0 N–H and O–H groups in total. The van der Waals surface area contributed by atoms with E-state index in [1.807, 2.05) is 0 Å². The average molecular weight is 467 g/mol. The first-order valence-electron chi connectivity index (χ1n) is 14.3. The molecule has 34 heavy (non-hydrogen) atoms. The summed E-state index contributed by atoms with van der Waals surface area (Å²) in [4.78, 5) is 44.0. The Morgan fingerprint density at radius 2 is 1.32 bits per heavy atom. The van der Waals surface area contributed by atoms with Crippen LogP contribution in [-0.4, -0.2) is 39.2 Å². The molecule has 3 atom stereocenters. The first-order valence-corrected chi connectivity index (χ1v) is 14.3. The Labute approximate surface area is 204 Å². The molecule has 9 aliphatic rings. The fourth-order valence-electron chi connectivity index (χ4n) is 12.3. The van der Waals surface area contributed by atoms with Gasteiger partial charge in [-0.05, 0) is 130 Å². The Balaban J connectivity index is 1.18. The van der Waals surface area contributed by atoms with Gasteiger partial charge in [-0.25, -0.2) is 9.69 Å². The van der Waals surface area contributed by atoms with E-state index in [0.29, 0.717) is 5.92 Å². The van der Waals surface area contributed by atoms with E-state index in [-0.39, 0.29) is 28.3 Å². The van der Waals surface area contributed by atoms with Crippen molar-refractivity contribution < 1.29 is 14.4 Å². The third-order valence-corrected chi connectivity index (χ3v) is 11.7. The van der Waals surface area contributed by atoms with Crippen molar-refractivity contribution >= 4 is 17.8 Å². The highest BCUT2D eigenvalue weighted by atomic mass is 16.2. The van der Waals surface area contributed by atoms with Gasteiger partial charge in [0.15, 0.2) is 0 Å². The van der Waals surface area contributed by atoms with Gasteiger partial charge in [-0.15, -0.1) is 0 Å². The van der Waals surface area contributed by atoms with E-state index in [9.17, 15) is 14.4 Å². The highest BCUT2D eigenvalue weighted by molar-refractivity contribution is 6.45. The SMILES string of the molecule is CCC(CC12CC3CC(CC(C3)C1)C2)N1C(=O)C(=O)N(C23CC4CC(C)(CC(C)(C4)C2)C3)C1=O. The van der Waals surface area contributed by atoms with Gasteiger partial charge < -0.3 is 0 Å². The lowest BCUT2D eigenvalue weighted by Gasteiger charge is -2.66. The number of urea groups is 1. The molecule has 4 amide bonds. The third-order valence-electron chi connectivity index (χ3n) is 11.7. The van der Waals surface area contributed by atoms with E-state index in [0.717, 1.165) is 49.9 Å². The molecule has 0 spiro atoms. The van der Waals surface area contributed by atoms with E-state index in [2.05, 4.69) is 20.8 Å². The number of imide groups is 2. The fourth-order valence-corrected chi connectivity index (χ4v) is 12.3. The molecule has 8 aliphatic carbocycles. The lowest BCUT2D eigenvalue weighted by atomic mass is 9.42. The number of nitrogens with zero attached hydrogens (tertiary/aromatic N) is 2. The maximum Gasteiger partial charge on any atom is 0.335 e. The molecule has 9 rings (SSSR count). The summed E-state index contributed by atoms with van der Waals surface area (Å²) in [6, 6.07) is -0.411. The summed E-state index contributed by atoms with van der Waals surface area (Å²) in [6.45, 7) is 6.82.